The van der Waals surface area contributed by atoms with Crippen molar-refractivity contribution in [3.05, 3.63) is 18.3 Å². The highest BCUT2D eigenvalue weighted by atomic mass is 16.3. The third-order valence-electron chi connectivity index (χ3n) is 3.02. The summed E-state index contributed by atoms with van der Waals surface area (Å²) >= 11 is 0. The minimum absolute atomic E-state index is 0.343. The highest BCUT2D eigenvalue weighted by molar-refractivity contribution is 5.50. The molecule has 1 saturated heterocycles. The molecule has 2 heterocycles. The van der Waals surface area contributed by atoms with Gasteiger partial charge in [0.1, 0.15) is 5.82 Å². The Morgan fingerprint density at radius 1 is 1.47 bits per heavy atom. The maximum atomic E-state index is 9.78. The maximum absolute atomic E-state index is 9.78. The average molecular weight is 207 g/mol. The van der Waals surface area contributed by atoms with Crippen molar-refractivity contribution in [3.8, 4) is 0 Å². The Bertz CT molecular complexity index is 336. The lowest BCUT2D eigenvalue weighted by Crippen LogP contribution is -2.55. The summed E-state index contributed by atoms with van der Waals surface area (Å²) in [6.07, 6.45) is 1.77. The number of aliphatic hydroxyl groups is 1. The molecule has 82 valence electrons. The highest BCUT2D eigenvalue weighted by Gasteiger charge is 2.37. The topological polar surface area (TPSA) is 62.4 Å². The van der Waals surface area contributed by atoms with Crippen LogP contribution in [0.15, 0.2) is 18.3 Å². The van der Waals surface area contributed by atoms with E-state index >= 15 is 0 Å². The van der Waals surface area contributed by atoms with E-state index in [1.807, 2.05) is 19.9 Å². The molecule has 0 spiro atoms. The van der Waals surface area contributed by atoms with E-state index < -0.39 is 5.60 Å². The first kappa shape index (κ1) is 10.2. The Morgan fingerprint density at radius 2 is 2.13 bits per heavy atom. The predicted octanol–water partition coefficient (Wildman–Crippen LogP) is 0.871. The summed E-state index contributed by atoms with van der Waals surface area (Å²) in [6.45, 7) is 5.48. The normalized spacial score (nSPS) is 17.7. The second-order valence-electron chi connectivity index (χ2n) is 4.70. The van der Waals surface area contributed by atoms with Crippen molar-refractivity contribution in [1.29, 1.82) is 0 Å². The van der Waals surface area contributed by atoms with Gasteiger partial charge in [0.15, 0.2) is 0 Å². The minimum atomic E-state index is -0.586. The van der Waals surface area contributed by atoms with Crippen LogP contribution in [0.1, 0.15) is 13.8 Å². The van der Waals surface area contributed by atoms with Crippen molar-refractivity contribution in [1.82, 2.24) is 4.98 Å². The van der Waals surface area contributed by atoms with Gasteiger partial charge in [-0.3, -0.25) is 0 Å². The molecule has 4 nitrogen and oxygen atoms in total. The molecule has 1 aliphatic heterocycles. The number of hydrogen-bond donors (Lipinski definition) is 2. The fourth-order valence-electron chi connectivity index (χ4n) is 1.72. The summed E-state index contributed by atoms with van der Waals surface area (Å²) in [6, 6.07) is 3.76. The van der Waals surface area contributed by atoms with Crippen LogP contribution in [0.3, 0.4) is 0 Å². The van der Waals surface area contributed by atoms with Crippen LogP contribution in [0, 0.1) is 5.92 Å². The monoisotopic (exact) mass is 207 g/mol. The number of pyridine rings is 1. The van der Waals surface area contributed by atoms with E-state index in [4.69, 9.17) is 5.73 Å². The third kappa shape index (κ3) is 2.04. The number of hydrogen-bond acceptors (Lipinski definition) is 4. The van der Waals surface area contributed by atoms with Crippen LogP contribution in [0.25, 0.3) is 0 Å². The van der Waals surface area contributed by atoms with Gasteiger partial charge in [-0.05, 0) is 26.0 Å². The van der Waals surface area contributed by atoms with Gasteiger partial charge in [0.05, 0.1) is 17.5 Å². The van der Waals surface area contributed by atoms with Gasteiger partial charge >= 0.3 is 0 Å². The van der Waals surface area contributed by atoms with Crippen molar-refractivity contribution in [2.45, 2.75) is 19.4 Å². The fourth-order valence-corrected chi connectivity index (χ4v) is 1.72. The molecule has 4 heteroatoms. The van der Waals surface area contributed by atoms with Gasteiger partial charge in [0.25, 0.3) is 0 Å². The van der Waals surface area contributed by atoms with Crippen molar-refractivity contribution in [2.75, 3.05) is 23.7 Å². The molecule has 1 fully saturated rings. The van der Waals surface area contributed by atoms with Gasteiger partial charge in [-0.15, -0.1) is 0 Å². The highest BCUT2D eigenvalue weighted by Crippen LogP contribution is 2.30. The van der Waals surface area contributed by atoms with Crippen LogP contribution >= 0.6 is 0 Å². The van der Waals surface area contributed by atoms with Crippen LogP contribution in [0.2, 0.25) is 0 Å². The van der Waals surface area contributed by atoms with E-state index in [0.717, 1.165) is 18.8 Å². The molecule has 0 aromatic carbocycles. The molecule has 0 atom stereocenters. The largest absolute Gasteiger partial charge is 0.390 e. The zero-order valence-electron chi connectivity index (χ0n) is 9.14. The quantitative estimate of drug-likeness (QED) is 0.755. The zero-order chi connectivity index (χ0) is 11.1. The summed E-state index contributed by atoms with van der Waals surface area (Å²) in [7, 11) is 0. The summed E-state index contributed by atoms with van der Waals surface area (Å²) in [5, 5.41) is 9.78. The van der Waals surface area contributed by atoms with Crippen molar-refractivity contribution < 1.29 is 5.11 Å². The maximum Gasteiger partial charge on any atom is 0.123 e. The van der Waals surface area contributed by atoms with E-state index in [1.165, 1.54) is 0 Å². The Balaban J connectivity index is 1.98. The summed E-state index contributed by atoms with van der Waals surface area (Å²) in [5.74, 6) is 0.883. The molecular formula is C11H17N3O. The molecule has 0 radical (unpaired) electrons. The van der Waals surface area contributed by atoms with Crippen molar-refractivity contribution in [3.63, 3.8) is 0 Å². The Hall–Kier alpha value is -1.29. The van der Waals surface area contributed by atoms with Crippen LogP contribution in [-0.4, -0.2) is 28.8 Å². The molecular weight excluding hydrogens is 190 g/mol. The Kier molecular flexibility index (Phi) is 2.31. The molecule has 1 aromatic rings. The van der Waals surface area contributed by atoms with Gasteiger partial charge in [-0.2, -0.15) is 0 Å². The lowest BCUT2D eigenvalue weighted by Gasteiger charge is -2.46. The van der Waals surface area contributed by atoms with E-state index in [1.54, 1.807) is 12.3 Å². The van der Waals surface area contributed by atoms with E-state index in [-0.39, 0.29) is 0 Å². The molecule has 0 aliphatic carbocycles. The lowest BCUT2D eigenvalue weighted by molar-refractivity contribution is 0.00458. The summed E-state index contributed by atoms with van der Waals surface area (Å²) in [5.41, 5.74) is 6.00. The van der Waals surface area contributed by atoms with Gasteiger partial charge in [0.2, 0.25) is 0 Å². The molecule has 3 N–H and O–H groups in total. The SMILES string of the molecule is CC(C)(O)C1CN(c2ccc(N)nc2)C1. The Labute approximate surface area is 89.7 Å². The van der Waals surface area contributed by atoms with Crippen LogP contribution < -0.4 is 10.6 Å². The number of anilines is 2. The number of rotatable bonds is 2. The van der Waals surface area contributed by atoms with E-state index in [9.17, 15) is 5.11 Å². The first-order valence-electron chi connectivity index (χ1n) is 5.15. The average Bonchev–Trinajstić information content (AvgIpc) is 2.03. The molecule has 0 unspecified atom stereocenters. The molecule has 1 aromatic heterocycles. The van der Waals surface area contributed by atoms with Gasteiger partial charge < -0.3 is 15.7 Å². The lowest BCUT2D eigenvalue weighted by atomic mass is 9.84. The minimum Gasteiger partial charge on any atom is -0.390 e. The van der Waals surface area contributed by atoms with Crippen molar-refractivity contribution >= 4 is 11.5 Å². The molecule has 15 heavy (non-hydrogen) atoms. The van der Waals surface area contributed by atoms with Gasteiger partial charge in [-0.1, -0.05) is 0 Å². The first-order valence-corrected chi connectivity index (χ1v) is 5.15. The second kappa shape index (κ2) is 3.38. The van der Waals surface area contributed by atoms with Crippen molar-refractivity contribution in [2.24, 2.45) is 5.92 Å². The smallest absolute Gasteiger partial charge is 0.123 e. The van der Waals surface area contributed by atoms with Gasteiger partial charge in [0, 0.05) is 19.0 Å². The number of nitrogens with two attached hydrogens (primary N) is 1. The molecule has 1 aliphatic rings. The van der Waals surface area contributed by atoms with E-state index in [0.29, 0.717) is 11.7 Å². The van der Waals surface area contributed by atoms with Crippen LogP contribution in [0.5, 0.6) is 0 Å². The number of nitrogens with zero attached hydrogens (tertiary/aromatic N) is 2. The molecule has 0 bridgehead atoms. The third-order valence-corrected chi connectivity index (χ3v) is 3.02. The first-order chi connectivity index (χ1) is 6.97. The predicted molar refractivity (Wildman–Crippen MR) is 60.7 cm³/mol. The summed E-state index contributed by atoms with van der Waals surface area (Å²) in [4.78, 5) is 6.23. The fraction of sp³-hybridized carbons (Fsp3) is 0.545. The second-order valence-corrected chi connectivity index (χ2v) is 4.70. The molecule has 0 saturated carbocycles. The van der Waals surface area contributed by atoms with Crippen LogP contribution in [-0.2, 0) is 0 Å². The zero-order valence-corrected chi connectivity index (χ0v) is 9.14. The summed E-state index contributed by atoms with van der Waals surface area (Å²) < 4.78 is 0. The van der Waals surface area contributed by atoms with Crippen LogP contribution in [0.4, 0.5) is 11.5 Å². The molecule has 2 rings (SSSR count). The molecule has 0 amide bonds. The van der Waals surface area contributed by atoms with E-state index in [2.05, 4.69) is 9.88 Å². The number of nitrogen functional groups attached to an aromatic ring is 1. The Morgan fingerprint density at radius 3 is 2.60 bits per heavy atom. The standard InChI is InChI=1S/C11H17N3O/c1-11(2,15)8-6-14(7-8)9-3-4-10(12)13-5-9/h3-5,8,15H,6-7H2,1-2H3,(H2,12,13). The van der Waals surface area contributed by atoms with Gasteiger partial charge in [-0.25, -0.2) is 4.98 Å². The number of aromatic nitrogens is 1.